The molecule has 1 N–H and O–H groups in total. The molecular formula is C24H19ClFN3O3S. The molecule has 6 nitrogen and oxygen atoms in total. The average Bonchev–Trinajstić information content (AvgIpc) is 3.33. The normalized spacial score (nSPS) is 10.6. The van der Waals surface area contributed by atoms with E-state index in [4.69, 9.17) is 21.1 Å². The van der Waals surface area contributed by atoms with E-state index < -0.39 is 5.82 Å². The molecule has 0 saturated heterocycles. The van der Waals surface area contributed by atoms with Crippen molar-refractivity contribution in [2.45, 2.75) is 13.2 Å². The number of halogens is 2. The summed E-state index contributed by atoms with van der Waals surface area (Å²) in [6.45, 7) is 0.348. The van der Waals surface area contributed by atoms with Crippen LogP contribution >= 0.6 is 22.9 Å². The molecule has 2 aromatic carbocycles. The van der Waals surface area contributed by atoms with Crippen molar-refractivity contribution < 1.29 is 18.7 Å². The number of nitrogens with zero attached hydrogens (tertiary/aromatic N) is 2. The Bertz CT molecular complexity index is 1250. The van der Waals surface area contributed by atoms with Crippen molar-refractivity contribution in [3.63, 3.8) is 0 Å². The van der Waals surface area contributed by atoms with Gasteiger partial charge in [-0.2, -0.15) is 0 Å². The third kappa shape index (κ3) is 5.47. The standard InChI is InChI=1S/C24H19ClFN3O3S/c1-31-22-11-16(5-6-21(22)32-13-17-18(25)3-2-4-19(17)26)24-29-20(14-33-24)23(30)28-12-15-7-9-27-10-8-15/h2-11,14H,12-13H2,1H3,(H,28,30). The molecule has 4 aromatic rings. The minimum Gasteiger partial charge on any atom is -0.493 e. The summed E-state index contributed by atoms with van der Waals surface area (Å²) >= 11 is 7.41. The van der Waals surface area contributed by atoms with Crippen LogP contribution in [0.5, 0.6) is 11.5 Å². The molecule has 0 aliphatic rings. The van der Waals surface area contributed by atoms with Crippen LogP contribution in [-0.2, 0) is 13.2 Å². The van der Waals surface area contributed by atoms with Gasteiger partial charge in [-0.05, 0) is 48.0 Å². The van der Waals surface area contributed by atoms with E-state index >= 15 is 0 Å². The summed E-state index contributed by atoms with van der Waals surface area (Å²) in [6, 6.07) is 13.4. The number of benzene rings is 2. The molecule has 0 radical (unpaired) electrons. The SMILES string of the molecule is COc1cc(-c2nc(C(=O)NCc3ccncc3)cs2)ccc1OCc1c(F)cccc1Cl. The highest BCUT2D eigenvalue weighted by atomic mass is 35.5. The van der Waals surface area contributed by atoms with Crippen molar-refractivity contribution in [1.29, 1.82) is 0 Å². The Morgan fingerprint density at radius 2 is 1.97 bits per heavy atom. The molecule has 0 spiro atoms. The van der Waals surface area contributed by atoms with Gasteiger partial charge in [0.1, 0.15) is 23.1 Å². The minimum atomic E-state index is -0.435. The maximum absolute atomic E-state index is 14.0. The van der Waals surface area contributed by atoms with E-state index in [-0.39, 0.29) is 18.1 Å². The Balaban J connectivity index is 1.45. The number of ether oxygens (including phenoxy) is 2. The van der Waals surface area contributed by atoms with E-state index in [0.717, 1.165) is 11.1 Å². The van der Waals surface area contributed by atoms with Crippen molar-refractivity contribution in [3.05, 3.63) is 94.0 Å². The summed E-state index contributed by atoms with van der Waals surface area (Å²) in [5.41, 5.74) is 2.32. The number of aromatic nitrogens is 2. The van der Waals surface area contributed by atoms with Crippen LogP contribution in [0.15, 0.2) is 66.3 Å². The lowest BCUT2D eigenvalue weighted by Crippen LogP contribution is -2.23. The molecule has 0 saturated carbocycles. The molecule has 0 bridgehead atoms. The summed E-state index contributed by atoms with van der Waals surface area (Å²) in [5, 5.41) is 5.50. The first-order chi connectivity index (χ1) is 16.0. The Morgan fingerprint density at radius 1 is 1.15 bits per heavy atom. The molecule has 1 amide bonds. The van der Waals surface area contributed by atoms with Gasteiger partial charge in [-0.15, -0.1) is 11.3 Å². The molecule has 0 atom stereocenters. The number of thiazole rings is 1. The highest BCUT2D eigenvalue weighted by molar-refractivity contribution is 7.13. The van der Waals surface area contributed by atoms with Gasteiger partial charge in [0, 0.05) is 35.4 Å². The van der Waals surface area contributed by atoms with Gasteiger partial charge in [0.05, 0.1) is 12.1 Å². The number of carbonyl (C=O) groups excluding carboxylic acids is 1. The van der Waals surface area contributed by atoms with Crippen molar-refractivity contribution in [2.24, 2.45) is 0 Å². The fourth-order valence-corrected chi connectivity index (χ4v) is 4.04. The molecule has 2 aromatic heterocycles. The third-order valence-electron chi connectivity index (χ3n) is 4.78. The van der Waals surface area contributed by atoms with E-state index in [9.17, 15) is 9.18 Å². The number of carbonyl (C=O) groups is 1. The van der Waals surface area contributed by atoms with Crippen molar-refractivity contribution in [2.75, 3.05) is 7.11 Å². The highest BCUT2D eigenvalue weighted by Gasteiger charge is 2.15. The summed E-state index contributed by atoms with van der Waals surface area (Å²) in [7, 11) is 1.52. The molecule has 0 unspecified atom stereocenters. The maximum Gasteiger partial charge on any atom is 0.271 e. The molecular weight excluding hydrogens is 465 g/mol. The smallest absolute Gasteiger partial charge is 0.271 e. The molecule has 4 rings (SSSR count). The van der Waals surface area contributed by atoms with Crippen molar-refractivity contribution >= 4 is 28.8 Å². The van der Waals surface area contributed by atoms with Gasteiger partial charge in [-0.3, -0.25) is 9.78 Å². The number of methoxy groups -OCH3 is 1. The number of nitrogens with one attached hydrogen (secondary N) is 1. The van der Waals surface area contributed by atoms with Gasteiger partial charge in [-0.1, -0.05) is 17.7 Å². The first-order valence-electron chi connectivity index (χ1n) is 9.92. The number of hydrogen-bond acceptors (Lipinski definition) is 6. The molecule has 33 heavy (non-hydrogen) atoms. The molecule has 0 aliphatic carbocycles. The molecule has 2 heterocycles. The molecule has 168 valence electrons. The van der Waals surface area contributed by atoms with Crippen LogP contribution in [-0.4, -0.2) is 23.0 Å². The van der Waals surface area contributed by atoms with Crippen LogP contribution < -0.4 is 14.8 Å². The van der Waals surface area contributed by atoms with Crippen LogP contribution in [0.2, 0.25) is 5.02 Å². The topological polar surface area (TPSA) is 73.3 Å². The molecule has 0 aliphatic heterocycles. The number of rotatable bonds is 8. The predicted octanol–water partition coefficient (Wildman–Crippen LogP) is 5.52. The Kier molecular flexibility index (Phi) is 7.16. The zero-order valence-electron chi connectivity index (χ0n) is 17.5. The highest BCUT2D eigenvalue weighted by Crippen LogP contribution is 2.34. The average molecular weight is 484 g/mol. The lowest BCUT2D eigenvalue weighted by atomic mass is 10.2. The summed E-state index contributed by atoms with van der Waals surface area (Å²) in [6.07, 6.45) is 3.35. The lowest BCUT2D eigenvalue weighted by Gasteiger charge is -2.13. The van der Waals surface area contributed by atoms with E-state index in [1.54, 1.807) is 42.0 Å². The lowest BCUT2D eigenvalue weighted by molar-refractivity contribution is 0.0946. The fourth-order valence-electron chi connectivity index (χ4n) is 3.02. The zero-order valence-corrected chi connectivity index (χ0v) is 19.1. The van der Waals surface area contributed by atoms with E-state index in [0.29, 0.717) is 33.8 Å². The first kappa shape index (κ1) is 22.7. The second-order valence-electron chi connectivity index (χ2n) is 6.93. The van der Waals surface area contributed by atoms with Crippen molar-refractivity contribution in [3.8, 4) is 22.1 Å². The van der Waals surface area contributed by atoms with Crippen molar-refractivity contribution in [1.82, 2.24) is 15.3 Å². The van der Waals surface area contributed by atoms with Gasteiger partial charge in [0.2, 0.25) is 0 Å². The Labute approximate surface area is 199 Å². The van der Waals surface area contributed by atoms with Crippen LogP contribution in [0.1, 0.15) is 21.6 Å². The first-order valence-corrected chi connectivity index (χ1v) is 11.2. The van der Waals surface area contributed by atoms with Gasteiger partial charge < -0.3 is 14.8 Å². The van der Waals surface area contributed by atoms with Gasteiger partial charge >= 0.3 is 0 Å². The van der Waals surface area contributed by atoms with Crippen LogP contribution in [0.25, 0.3) is 10.6 Å². The predicted molar refractivity (Wildman–Crippen MR) is 125 cm³/mol. The van der Waals surface area contributed by atoms with Gasteiger partial charge in [-0.25, -0.2) is 9.37 Å². The van der Waals surface area contributed by atoms with Crippen LogP contribution in [0.3, 0.4) is 0 Å². The molecule has 9 heteroatoms. The van der Waals surface area contributed by atoms with E-state index in [2.05, 4.69) is 15.3 Å². The second kappa shape index (κ2) is 10.4. The second-order valence-corrected chi connectivity index (χ2v) is 8.20. The largest absolute Gasteiger partial charge is 0.493 e. The minimum absolute atomic E-state index is 0.0414. The third-order valence-corrected chi connectivity index (χ3v) is 6.03. The summed E-state index contributed by atoms with van der Waals surface area (Å²) in [5.74, 6) is 0.199. The number of amides is 1. The monoisotopic (exact) mass is 483 g/mol. The summed E-state index contributed by atoms with van der Waals surface area (Å²) < 4.78 is 25.2. The van der Waals surface area contributed by atoms with E-state index in [1.807, 2.05) is 12.1 Å². The number of hydrogen-bond donors (Lipinski definition) is 1. The molecule has 0 fully saturated rings. The van der Waals surface area contributed by atoms with Crippen LogP contribution in [0.4, 0.5) is 4.39 Å². The summed E-state index contributed by atoms with van der Waals surface area (Å²) in [4.78, 5) is 20.8. The Morgan fingerprint density at radius 3 is 2.73 bits per heavy atom. The van der Waals surface area contributed by atoms with Crippen LogP contribution in [0, 0.1) is 5.82 Å². The Hall–Kier alpha value is -3.49. The van der Waals surface area contributed by atoms with E-state index in [1.165, 1.54) is 30.6 Å². The maximum atomic E-state index is 14.0. The van der Waals surface area contributed by atoms with Gasteiger partial charge in [0.25, 0.3) is 5.91 Å². The fraction of sp³-hybridized carbons (Fsp3) is 0.125. The van der Waals surface area contributed by atoms with Gasteiger partial charge in [0.15, 0.2) is 11.5 Å². The quantitative estimate of drug-likeness (QED) is 0.357. The number of pyridine rings is 1. The zero-order chi connectivity index (χ0) is 23.2.